The molecule has 0 saturated heterocycles. The van der Waals surface area contributed by atoms with Crippen molar-refractivity contribution in [1.29, 1.82) is 0 Å². The fourth-order valence-electron chi connectivity index (χ4n) is 3.80. The minimum absolute atomic E-state index is 0. The molecule has 156 valence electrons. The highest BCUT2D eigenvalue weighted by atomic mass is 35.5. The fourth-order valence-corrected chi connectivity index (χ4v) is 3.80. The number of nitrogens with one attached hydrogen (secondary N) is 1. The number of fused-ring (bicyclic) bond motifs is 1. The van der Waals surface area contributed by atoms with E-state index in [9.17, 15) is 8.78 Å². The lowest BCUT2D eigenvalue weighted by Crippen LogP contribution is -2.27. The van der Waals surface area contributed by atoms with E-state index in [2.05, 4.69) is 16.9 Å². The number of likely N-dealkylation sites (N-methyl/N-ethyl adjacent to an activating group) is 1. The molecule has 0 saturated carbocycles. The van der Waals surface area contributed by atoms with E-state index in [0.717, 1.165) is 28.0 Å². The van der Waals surface area contributed by atoms with Crippen molar-refractivity contribution in [3.05, 3.63) is 94.9 Å². The van der Waals surface area contributed by atoms with E-state index in [4.69, 9.17) is 0 Å². The Kier molecular flexibility index (Phi) is 6.42. The van der Waals surface area contributed by atoms with E-state index in [-0.39, 0.29) is 30.1 Å². The van der Waals surface area contributed by atoms with E-state index in [1.54, 1.807) is 30.5 Å². The second kappa shape index (κ2) is 8.84. The topological polar surface area (TPSA) is 31.9 Å². The Morgan fingerprint density at radius 3 is 2.40 bits per heavy atom. The summed E-state index contributed by atoms with van der Waals surface area (Å²) in [6.45, 7) is 4.11. The quantitative estimate of drug-likeness (QED) is 0.405. The highest BCUT2D eigenvalue weighted by molar-refractivity contribution is 5.86. The van der Waals surface area contributed by atoms with Crippen LogP contribution < -0.4 is 4.90 Å². The van der Waals surface area contributed by atoms with Crippen LogP contribution in [-0.4, -0.2) is 17.0 Å². The Balaban J connectivity index is 0.00000256. The summed E-state index contributed by atoms with van der Waals surface area (Å²) in [5.41, 5.74) is 5.52. The standard InChI is InChI=1S/C24H23F2N3.ClH/c1-15-16(2)28-23-20(15)12-13-27-24(23)22(14-17-6-4-5-7-21(17)26)29(3)19-10-8-18(25)9-11-19;/h4-13,22,28H,14H2,1-3H3;1H. The molecule has 4 aromatic rings. The van der Waals surface area contributed by atoms with E-state index in [0.29, 0.717) is 12.0 Å². The normalized spacial score (nSPS) is 11.9. The zero-order valence-corrected chi connectivity index (χ0v) is 17.9. The van der Waals surface area contributed by atoms with Crippen LogP contribution in [0.3, 0.4) is 0 Å². The highest BCUT2D eigenvalue weighted by Gasteiger charge is 2.24. The lowest BCUT2D eigenvalue weighted by atomic mass is 9.98. The van der Waals surface area contributed by atoms with Crippen molar-refractivity contribution in [1.82, 2.24) is 9.97 Å². The first-order valence-corrected chi connectivity index (χ1v) is 9.61. The van der Waals surface area contributed by atoms with Gasteiger partial charge in [0, 0.05) is 36.4 Å². The molecule has 1 atom stereocenters. The van der Waals surface area contributed by atoms with Crippen molar-refractivity contribution in [2.45, 2.75) is 26.3 Å². The number of benzene rings is 2. The molecule has 0 aliphatic carbocycles. The summed E-state index contributed by atoms with van der Waals surface area (Å²) in [5.74, 6) is -0.528. The second-order valence-electron chi connectivity index (χ2n) is 7.39. The van der Waals surface area contributed by atoms with Crippen LogP contribution in [0.15, 0.2) is 60.8 Å². The van der Waals surface area contributed by atoms with Gasteiger partial charge in [0.05, 0.1) is 17.3 Å². The first kappa shape index (κ1) is 21.8. The molecule has 0 fully saturated rings. The number of anilines is 1. The number of aromatic amines is 1. The minimum Gasteiger partial charge on any atom is -0.366 e. The molecular weight excluding hydrogens is 404 g/mol. The molecule has 0 aliphatic heterocycles. The Morgan fingerprint density at radius 1 is 1.00 bits per heavy atom. The maximum Gasteiger partial charge on any atom is 0.126 e. The molecule has 4 rings (SSSR count). The van der Waals surface area contributed by atoms with Crippen molar-refractivity contribution < 1.29 is 8.78 Å². The number of hydrogen-bond acceptors (Lipinski definition) is 2. The number of aryl methyl sites for hydroxylation is 2. The Bertz CT molecular complexity index is 1160. The van der Waals surface area contributed by atoms with Crippen molar-refractivity contribution in [3.63, 3.8) is 0 Å². The second-order valence-corrected chi connectivity index (χ2v) is 7.39. The maximum atomic E-state index is 14.5. The Hall–Kier alpha value is -2.92. The van der Waals surface area contributed by atoms with Gasteiger partial charge in [0.15, 0.2) is 0 Å². The van der Waals surface area contributed by atoms with Crippen LogP contribution in [0.5, 0.6) is 0 Å². The number of hydrogen-bond donors (Lipinski definition) is 1. The van der Waals surface area contributed by atoms with Gasteiger partial charge in [0.2, 0.25) is 0 Å². The molecule has 0 amide bonds. The number of nitrogens with zero attached hydrogens (tertiary/aromatic N) is 2. The SMILES string of the molecule is Cc1[nH]c2c(C(Cc3ccccc3F)N(C)c3ccc(F)cc3)nccc2c1C.Cl. The molecule has 2 aromatic heterocycles. The molecule has 0 bridgehead atoms. The Morgan fingerprint density at radius 2 is 1.70 bits per heavy atom. The summed E-state index contributed by atoms with van der Waals surface area (Å²) in [4.78, 5) is 10.2. The van der Waals surface area contributed by atoms with Crippen LogP contribution in [0.1, 0.15) is 28.6 Å². The summed E-state index contributed by atoms with van der Waals surface area (Å²) >= 11 is 0. The number of halogens is 3. The molecule has 0 spiro atoms. The van der Waals surface area contributed by atoms with Crippen molar-refractivity contribution >= 4 is 29.0 Å². The molecule has 6 heteroatoms. The van der Waals surface area contributed by atoms with Crippen LogP contribution in [0, 0.1) is 25.5 Å². The van der Waals surface area contributed by atoms with Gasteiger partial charge in [-0.25, -0.2) is 8.78 Å². The lowest BCUT2D eigenvalue weighted by molar-refractivity contribution is 0.580. The number of H-pyrrole nitrogens is 1. The van der Waals surface area contributed by atoms with Gasteiger partial charge in [0.25, 0.3) is 0 Å². The summed E-state index contributed by atoms with van der Waals surface area (Å²) in [7, 11) is 1.93. The van der Waals surface area contributed by atoms with Gasteiger partial charge in [-0.3, -0.25) is 4.98 Å². The summed E-state index contributed by atoms with van der Waals surface area (Å²) in [5, 5.41) is 1.11. The monoisotopic (exact) mass is 427 g/mol. The van der Waals surface area contributed by atoms with Crippen molar-refractivity contribution in [3.8, 4) is 0 Å². The Labute approximate surface area is 181 Å². The smallest absolute Gasteiger partial charge is 0.126 e. The molecular formula is C24H24ClF2N3. The molecule has 0 aliphatic rings. The highest BCUT2D eigenvalue weighted by Crippen LogP contribution is 2.33. The average Bonchev–Trinajstić information content (AvgIpc) is 3.02. The predicted molar refractivity (Wildman–Crippen MR) is 120 cm³/mol. The van der Waals surface area contributed by atoms with Gasteiger partial charge in [-0.15, -0.1) is 12.4 Å². The summed E-state index contributed by atoms with van der Waals surface area (Å²) in [6, 6.07) is 14.9. The maximum absolute atomic E-state index is 14.5. The van der Waals surface area contributed by atoms with Gasteiger partial charge in [-0.05, 0) is 61.4 Å². The zero-order chi connectivity index (χ0) is 20.5. The summed E-state index contributed by atoms with van der Waals surface area (Å²) < 4.78 is 27.9. The minimum atomic E-state index is -0.288. The first-order valence-electron chi connectivity index (χ1n) is 9.61. The number of pyridine rings is 1. The van der Waals surface area contributed by atoms with E-state index in [1.165, 1.54) is 23.8 Å². The lowest BCUT2D eigenvalue weighted by Gasteiger charge is -2.30. The predicted octanol–water partition coefficient (Wildman–Crippen LogP) is 6.30. The number of aromatic nitrogens is 2. The van der Waals surface area contributed by atoms with Crippen molar-refractivity contribution in [2.24, 2.45) is 0 Å². The molecule has 3 nitrogen and oxygen atoms in total. The van der Waals surface area contributed by atoms with Gasteiger partial charge in [0.1, 0.15) is 11.6 Å². The van der Waals surface area contributed by atoms with Gasteiger partial charge < -0.3 is 9.88 Å². The van der Waals surface area contributed by atoms with E-state index < -0.39 is 0 Å². The third-order valence-electron chi connectivity index (χ3n) is 5.65. The average molecular weight is 428 g/mol. The van der Waals surface area contributed by atoms with Crippen molar-refractivity contribution in [2.75, 3.05) is 11.9 Å². The van der Waals surface area contributed by atoms with E-state index >= 15 is 0 Å². The van der Waals surface area contributed by atoms with Crippen LogP contribution in [0.25, 0.3) is 10.9 Å². The van der Waals surface area contributed by atoms with E-state index in [1.807, 2.05) is 31.0 Å². The van der Waals surface area contributed by atoms with Gasteiger partial charge in [-0.2, -0.15) is 0 Å². The first-order chi connectivity index (χ1) is 14.0. The van der Waals surface area contributed by atoms with Gasteiger partial charge >= 0.3 is 0 Å². The molecule has 30 heavy (non-hydrogen) atoms. The van der Waals surface area contributed by atoms with Crippen LogP contribution in [0.4, 0.5) is 14.5 Å². The number of rotatable bonds is 5. The third-order valence-corrected chi connectivity index (χ3v) is 5.65. The van der Waals surface area contributed by atoms with Crippen LogP contribution in [0.2, 0.25) is 0 Å². The molecule has 2 heterocycles. The fraction of sp³-hybridized carbons (Fsp3) is 0.208. The summed E-state index contributed by atoms with van der Waals surface area (Å²) in [6.07, 6.45) is 2.23. The zero-order valence-electron chi connectivity index (χ0n) is 17.1. The van der Waals surface area contributed by atoms with Gasteiger partial charge in [-0.1, -0.05) is 18.2 Å². The van der Waals surface area contributed by atoms with Crippen LogP contribution in [-0.2, 0) is 6.42 Å². The van der Waals surface area contributed by atoms with Crippen LogP contribution >= 0.6 is 12.4 Å². The third kappa shape index (κ3) is 4.03. The largest absolute Gasteiger partial charge is 0.366 e. The molecule has 0 radical (unpaired) electrons. The molecule has 2 aromatic carbocycles. The molecule has 1 unspecified atom stereocenters. The molecule has 1 N–H and O–H groups in total.